The number of rotatable bonds is 5. The number of anilines is 1. The first-order valence-electron chi connectivity index (χ1n) is 9.11. The van der Waals surface area contributed by atoms with Gasteiger partial charge in [0, 0.05) is 18.7 Å². The van der Waals surface area contributed by atoms with Gasteiger partial charge in [0.1, 0.15) is 5.82 Å². The Kier molecular flexibility index (Phi) is 6.00. The molecule has 0 radical (unpaired) electrons. The fourth-order valence-electron chi connectivity index (χ4n) is 3.30. The van der Waals surface area contributed by atoms with E-state index in [0.717, 1.165) is 25.9 Å². The van der Waals surface area contributed by atoms with Crippen LogP contribution in [0.5, 0.6) is 0 Å². The summed E-state index contributed by atoms with van der Waals surface area (Å²) in [7, 11) is -0.219. The minimum absolute atomic E-state index is 0.0848. The van der Waals surface area contributed by atoms with E-state index in [4.69, 9.17) is 0 Å². The molecule has 2 aromatic rings. The fourth-order valence-corrected chi connectivity index (χ4v) is 4.41. The minimum Gasteiger partial charge on any atom is -0.339 e. The quantitative estimate of drug-likeness (QED) is 0.831. The number of halogens is 1. The molecule has 0 bridgehead atoms. The maximum absolute atomic E-state index is 13.8. The van der Waals surface area contributed by atoms with Crippen molar-refractivity contribution in [2.45, 2.75) is 23.8 Å². The van der Waals surface area contributed by atoms with Crippen LogP contribution in [-0.2, 0) is 10.0 Å². The average molecular weight is 405 g/mol. The molecule has 150 valence electrons. The third-order valence-corrected chi connectivity index (χ3v) is 6.43. The summed E-state index contributed by atoms with van der Waals surface area (Å²) in [4.78, 5) is 16.7. The molecule has 1 heterocycles. The first-order chi connectivity index (χ1) is 13.3. The second-order valence-electron chi connectivity index (χ2n) is 7.06. The molecule has 0 saturated carbocycles. The van der Waals surface area contributed by atoms with E-state index in [2.05, 4.69) is 16.7 Å². The number of nitrogens with zero attached hydrogens (tertiary/aromatic N) is 2. The van der Waals surface area contributed by atoms with Gasteiger partial charge in [-0.05, 0) is 63.3 Å². The zero-order valence-electron chi connectivity index (χ0n) is 15.9. The smallest absolute Gasteiger partial charge is 0.262 e. The van der Waals surface area contributed by atoms with E-state index in [-0.39, 0.29) is 28.1 Å². The van der Waals surface area contributed by atoms with Crippen LogP contribution >= 0.6 is 0 Å². The zero-order valence-corrected chi connectivity index (χ0v) is 16.7. The van der Waals surface area contributed by atoms with Crippen molar-refractivity contribution in [3.8, 4) is 0 Å². The minimum atomic E-state index is -4.02. The molecule has 0 atom stereocenters. The number of nitrogens with one attached hydrogen (secondary N) is 1. The zero-order chi connectivity index (χ0) is 20.3. The number of para-hydroxylation sites is 1. The summed E-state index contributed by atoms with van der Waals surface area (Å²) in [5.41, 5.74) is 0.153. The summed E-state index contributed by atoms with van der Waals surface area (Å²) in [5, 5.41) is 0. The lowest BCUT2D eigenvalue weighted by Crippen LogP contribution is -2.44. The van der Waals surface area contributed by atoms with Gasteiger partial charge in [0.15, 0.2) is 0 Å². The first kappa shape index (κ1) is 20.3. The Bertz CT molecular complexity index is 957. The summed E-state index contributed by atoms with van der Waals surface area (Å²) >= 11 is 0. The Morgan fingerprint density at radius 2 is 1.82 bits per heavy atom. The molecule has 1 aliphatic heterocycles. The molecule has 2 aromatic carbocycles. The van der Waals surface area contributed by atoms with Gasteiger partial charge in [-0.1, -0.05) is 18.2 Å². The second kappa shape index (κ2) is 8.28. The molecule has 8 heteroatoms. The molecule has 0 aliphatic carbocycles. The molecule has 1 saturated heterocycles. The monoisotopic (exact) mass is 405 g/mol. The maximum atomic E-state index is 13.8. The number of amides is 1. The lowest BCUT2D eigenvalue weighted by Gasteiger charge is -2.35. The van der Waals surface area contributed by atoms with Gasteiger partial charge in [0.05, 0.1) is 10.6 Å². The number of likely N-dealkylation sites (tertiary alicyclic amines) is 1. The normalized spacial score (nSPS) is 16.0. The van der Waals surface area contributed by atoms with Gasteiger partial charge in [-0.25, -0.2) is 12.8 Å². The maximum Gasteiger partial charge on any atom is 0.262 e. The molecule has 6 nitrogen and oxygen atoms in total. The van der Waals surface area contributed by atoms with Crippen molar-refractivity contribution in [2.24, 2.45) is 0 Å². The van der Waals surface area contributed by atoms with Crippen molar-refractivity contribution < 1.29 is 17.6 Å². The van der Waals surface area contributed by atoms with Crippen molar-refractivity contribution >= 4 is 21.6 Å². The van der Waals surface area contributed by atoms with Gasteiger partial charge in [-0.3, -0.25) is 9.52 Å². The summed E-state index contributed by atoms with van der Waals surface area (Å²) in [6.45, 7) is 1.84. The summed E-state index contributed by atoms with van der Waals surface area (Å²) in [5.74, 6) is -0.891. The van der Waals surface area contributed by atoms with E-state index < -0.39 is 15.8 Å². The molecule has 0 aromatic heterocycles. The van der Waals surface area contributed by atoms with Crippen LogP contribution in [0.15, 0.2) is 53.4 Å². The molecule has 28 heavy (non-hydrogen) atoms. The van der Waals surface area contributed by atoms with Crippen LogP contribution in [0.3, 0.4) is 0 Å². The summed E-state index contributed by atoms with van der Waals surface area (Å²) in [6, 6.07) is 11.5. The average Bonchev–Trinajstić information content (AvgIpc) is 2.69. The van der Waals surface area contributed by atoms with Crippen LogP contribution in [0.25, 0.3) is 0 Å². The van der Waals surface area contributed by atoms with Crippen molar-refractivity contribution in [2.75, 3.05) is 31.9 Å². The summed E-state index contributed by atoms with van der Waals surface area (Å²) < 4.78 is 41.3. The highest BCUT2D eigenvalue weighted by Gasteiger charge is 2.26. The molecule has 1 aliphatic rings. The molecule has 1 N–H and O–H groups in total. The number of hydrogen-bond donors (Lipinski definition) is 1. The van der Waals surface area contributed by atoms with Crippen LogP contribution in [0.4, 0.5) is 10.1 Å². The highest BCUT2D eigenvalue weighted by molar-refractivity contribution is 7.92. The number of carbonyl (C=O) groups is 1. The molecule has 1 fully saturated rings. The van der Waals surface area contributed by atoms with Crippen molar-refractivity contribution in [1.82, 2.24) is 9.80 Å². The Hall–Kier alpha value is -2.45. The van der Waals surface area contributed by atoms with Gasteiger partial charge in [-0.2, -0.15) is 0 Å². The van der Waals surface area contributed by atoms with E-state index in [1.807, 2.05) is 0 Å². The largest absolute Gasteiger partial charge is 0.339 e. The highest BCUT2D eigenvalue weighted by atomic mass is 32.2. The summed E-state index contributed by atoms with van der Waals surface area (Å²) in [6.07, 6.45) is 1.76. The highest BCUT2D eigenvalue weighted by Crippen LogP contribution is 2.21. The molecule has 1 amide bonds. The second-order valence-corrected chi connectivity index (χ2v) is 8.75. The molecule has 0 unspecified atom stereocenters. The number of piperidine rings is 1. The van der Waals surface area contributed by atoms with Crippen LogP contribution in [0.1, 0.15) is 23.2 Å². The van der Waals surface area contributed by atoms with Crippen LogP contribution in [0, 0.1) is 5.82 Å². The van der Waals surface area contributed by atoms with Gasteiger partial charge in [0.25, 0.3) is 15.9 Å². The van der Waals surface area contributed by atoms with E-state index in [0.29, 0.717) is 0 Å². The van der Waals surface area contributed by atoms with Crippen molar-refractivity contribution in [1.29, 1.82) is 0 Å². The van der Waals surface area contributed by atoms with Crippen molar-refractivity contribution in [3.05, 3.63) is 59.9 Å². The third-order valence-electron chi connectivity index (χ3n) is 5.07. The lowest BCUT2D eigenvalue weighted by atomic mass is 10.0. The van der Waals surface area contributed by atoms with E-state index in [1.165, 1.54) is 42.5 Å². The van der Waals surface area contributed by atoms with E-state index >= 15 is 0 Å². The Labute approximate surface area is 165 Å². The van der Waals surface area contributed by atoms with E-state index in [1.54, 1.807) is 18.0 Å². The van der Waals surface area contributed by atoms with Gasteiger partial charge in [0.2, 0.25) is 0 Å². The van der Waals surface area contributed by atoms with Crippen molar-refractivity contribution in [3.63, 3.8) is 0 Å². The Balaban J connectivity index is 1.79. The third kappa shape index (κ3) is 4.51. The molecule has 3 rings (SSSR count). The number of hydrogen-bond acceptors (Lipinski definition) is 4. The van der Waals surface area contributed by atoms with Gasteiger partial charge < -0.3 is 9.80 Å². The Morgan fingerprint density at radius 1 is 1.14 bits per heavy atom. The molecule has 0 spiro atoms. The number of benzene rings is 2. The number of carbonyl (C=O) groups excluding carboxylic acids is 1. The van der Waals surface area contributed by atoms with Gasteiger partial charge >= 0.3 is 0 Å². The van der Waals surface area contributed by atoms with Gasteiger partial charge in [-0.15, -0.1) is 0 Å². The molecular weight excluding hydrogens is 381 g/mol. The van der Waals surface area contributed by atoms with Crippen LogP contribution in [0.2, 0.25) is 0 Å². The van der Waals surface area contributed by atoms with E-state index in [9.17, 15) is 17.6 Å². The predicted octanol–water partition coefficient (Wildman–Crippen LogP) is 2.79. The topological polar surface area (TPSA) is 69.7 Å². The fraction of sp³-hybridized carbons (Fsp3) is 0.350. The number of sulfonamides is 1. The lowest BCUT2D eigenvalue weighted by molar-refractivity contribution is 0.0659. The standard InChI is InChI=1S/C20H24FN3O3S/c1-23-12-10-16(11-13-23)24(2)20(25)15-6-5-7-17(14-15)28(26,27)22-19-9-4-3-8-18(19)21/h3-9,14,16,22H,10-13H2,1-2H3. The SMILES string of the molecule is CN1CCC(N(C)C(=O)c2cccc(S(=O)(=O)Nc3ccccc3F)c2)CC1. The van der Waals surface area contributed by atoms with Crippen LogP contribution < -0.4 is 4.72 Å². The van der Waals surface area contributed by atoms with Crippen LogP contribution in [-0.4, -0.2) is 57.4 Å². The Morgan fingerprint density at radius 3 is 2.50 bits per heavy atom. The first-order valence-corrected chi connectivity index (χ1v) is 10.6. The predicted molar refractivity (Wildman–Crippen MR) is 106 cm³/mol. The molecular formula is C20H24FN3O3S.